The monoisotopic (exact) mass is 358 g/mol. The SMILES string of the molecule is CCCCCCCC(C)NCCCCCC(O)NCCCCCCO. The molecule has 0 radical (unpaired) electrons. The van der Waals surface area contributed by atoms with Gasteiger partial charge in [-0.15, -0.1) is 0 Å². The van der Waals surface area contributed by atoms with Crippen LogP contribution in [0.4, 0.5) is 0 Å². The lowest BCUT2D eigenvalue weighted by Crippen LogP contribution is -2.29. The molecule has 0 heterocycles. The summed E-state index contributed by atoms with van der Waals surface area (Å²) in [6.07, 6.45) is 16.3. The lowest BCUT2D eigenvalue weighted by Gasteiger charge is -2.14. The minimum atomic E-state index is -0.354. The van der Waals surface area contributed by atoms with Crippen LogP contribution in [0.25, 0.3) is 0 Å². The highest BCUT2D eigenvalue weighted by Crippen LogP contribution is 2.08. The number of hydrogen-bond donors (Lipinski definition) is 4. The molecule has 0 saturated carbocycles. The number of aliphatic hydroxyl groups excluding tert-OH is 2. The molecule has 25 heavy (non-hydrogen) atoms. The van der Waals surface area contributed by atoms with Gasteiger partial charge in [0.05, 0.1) is 0 Å². The van der Waals surface area contributed by atoms with E-state index in [0.717, 1.165) is 51.6 Å². The van der Waals surface area contributed by atoms with Crippen LogP contribution in [0.2, 0.25) is 0 Å². The molecular formula is C21H46N2O2. The van der Waals surface area contributed by atoms with Gasteiger partial charge in [0.15, 0.2) is 0 Å². The molecule has 0 aromatic heterocycles. The highest BCUT2D eigenvalue weighted by molar-refractivity contribution is 4.62. The topological polar surface area (TPSA) is 64.5 Å². The minimum absolute atomic E-state index is 0.294. The van der Waals surface area contributed by atoms with Crippen LogP contribution in [0.5, 0.6) is 0 Å². The first kappa shape index (κ1) is 24.8. The average Bonchev–Trinajstić information content (AvgIpc) is 2.60. The predicted octanol–water partition coefficient (Wildman–Crippen LogP) is 4.35. The van der Waals surface area contributed by atoms with E-state index < -0.39 is 0 Å². The van der Waals surface area contributed by atoms with Gasteiger partial charge in [0.25, 0.3) is 0 Å². The summed E-state index contributed by atoms with van der Waals surface area (Å²) in [5, 5.41) is 25.4. The van der Waals surface area contributed by atoms with Crippen molar-refractivity contribution < 1.29 is 10.2 Å². The highest BCUT2D eigenvalue weighted by atomic mass is 16.3. The van der Waals surface area contributed by atoms with Gasteiger partial charge in [-0.05, 0) is 58.5 Å². The molecule has 0 bridgehead atoms. The molecule has 0 aromatic rings. The highest BCUT2D eigenvalue weighted by Gasteiger charge is 2.03. The van der Waals surface area contributed by atoms with E-state index in [1.54, 1.807) is 0 Å². The third-order valence-corrected chi connectivity index (χ3v) is 4.85. The van der Waals surface area contributed by atoms with Gasteiger partial charge in [0.2, 0.25) is 0 Å². The Kier molecular flexibility index (Phi) is 20.0. The third-order valence-electron chi connectivity index (χ3n) is 4.85. The third kappa shape index (κ3) is 20.0. The number of nitrogens with one attached hydrogen (secondary N) is 2. The van der Waals surface area contributed by atoms with E-state index in [1.807, 2.05) is 0 Å². The quantitative estimate of drug-likeness (QED) is 0.193. The molecule has 4 nitrogen and oxygen atoms in total. The Morgan fingerprint density at radius 1 is 0.680 bits per heavy atom. The molecule has 0 aliphatic carbocycles. The van der Waals surface area contributed by atoms with E-state index >= 15 is 0 Å². The van der Waals surface area contributed by atoms with Crippen molar-refractivity contribution in [1.29, 1.82) is 0 Å². The van der Waals surface area contributed by atoms with Gasteiger partial charge in [-0.3, -0.25) is 5.32 Å². The van der Waals surface area contributed by atoms with E-state index in [1.165, 1.54) is 51.4 Å². The summed E-state index contributed by atoms with van der Waals surface area (Å²) in [5.74, 6) is 0. The van der Waals surface area contributed by atoms with Crippen LogP contribution in [-0.4, -0.2) is 42.2 Å². The first-order chi connectivity index (χ1) is 12.2. The van der Waals surface area contributed by atoms with Crippen molar-refractivity contribution in [2.75, 3.05) is 19.7 Å². The number of rotatable bonds is 20. The Labute approximate surface area is 157 Å². The normalized spacial score (nSPS) is 13.9. The lowest BCUT2D eigenvalue weighted by molar-refractivity contribution is 0.124. The van der Waals surface area contributed by atoms with Crippen molar-refractivity contribution >= 4 is 0 Å². The zero-order valence-electron chi connectivity index (χ0n) is 17.1. The molecular weight excluding hydrogens is 312 g/mol. The molecule has 0 fully saturated rings. The van der Waals surface area contributed by atoms with Crippen molar-refractivity contribution in [1.82, 2.24) is 10.6 Å². The molecule has 4 heteroatoms. The standard InChI is InChI=1S/C21H46N2O2/c1-3-4-5-6-10-15-20(2)22-17-13-9-11-16-21(25)23-18-12-7-8-14-19-24/h20-25H,3-19H2,1-2H3. The predicted molar refractivity (Wildman–Crippen MR) is 109 cm³/mol. The van der Waals surface area contributed by atoms with Crippen LogP contribution >= 0.6 is 0 Å². The van der Waals surface area contributed by atoms with E-state index in [2.05, 4.69) is 24.5 Å². The van der Waals surface area contributed by atoms with Crippen molar-refractivity contribution in [2.24, 2.45) is 0 Å². The Balaban J connectivity index is 3.25. The first-order valence-electron chi connectivity index (χ1n) is 11.0. The largest absolute Gasteiger partial charge is 0.396 e. The summed E-state index contributed by atoms with van der Waals surface area (Å²) in [7, 11) is 0. The maximum Gasteiger partial charge on any atom is 0.104 e. The average molecular weight is 359 g/mol. The van der Waals surface area contributed by atoms with E-state index in [9.17, 15) is 5.11 Å². The molecule has 2 atom stereocenters. The van der Waals surface area contributed by atoms with Gasteiger partial charge in [-0.2, -0.15) is 0 Å². The molecule has 0 aromatic carbocycles. The number of hydrogen-bond acceptors (Lipinski definition) is 4. The second-order valence-corrected chi connectivity index (χ2v) is 7.52. The Morgan fingerprint density at radius 3 is 1.96 bits per heavy atom. The lowest BCUT2D eigenvalue weighted by atomic mass is 10.1. The molecule has 0 saturated heterocycles. The van der Waals surface area contributed by atoms with Gasteiger partial charge in [-0.25, -0.2) is 0 Å². The number of unbranched alkanes of at least 4 members (excludes halogenated alkanes) is 9. The summed E-state index contributed by atoms with van der Waals surface area (Å²) >= 11 is 0. The second-order valence-electron chi connectivity index (χ2n) is 7.52. The molecule has 0 spiro atoms. The summed E-state index contributed by atoms with van der Waals surface area (Å²) in [4.78, 5) is 0. The Morgan fingerprint density at radius 2 is 1.24 bits per heavy atom. The van der Waals surface area contributed by atoms with E-state index in [-0.39, 0.29) is 6.23 Å². The van der Waals surface area contributed by atoms with Crippen molar-refractivity contribution in [3.63, 3.8) is 0 Å². The van der Waals surface area contributed by atoms with Gasteiger partial charge in [0.1, 0.15) is 6.23 Å². The smallest absolute Gasteiger partial charge is 0.104 e. The Bertz CT molecular complexity index is 252. The zero-order valence-corrected chi connectivity index (χ0v) is 17.1. The maximum absolute atomic E-state index is 9.89. The molecule has 0 aliphatic rings. The molecule has 0 aliphatic heterocycles. The van der Waals surface area contributed by atoms with Gasteiger partial charge >= 0.3 is 0 Å². The summed E-state index contributed by atoms with van der Waals surface area (Å²) in [6, 6.07) is 0.639. The maximum atomic E-state index is 9.89. The number of aliphatic hydroxyl groups is 2. The van der Waals surface area contributed by atoms with Crippen LogP contribution < -0.4 is 10.6 Å². The van der Waals surface area contributed by atoms with Crippen LogP contribution in [0.1, 0.15) is 104 Å². The van der Waals surface area contributed by atoms with Crippen LogP contribution in [0, 0.1) is 0 Å². The van der Waals surface area contributed by atoms with E-state index in [0.29, 0.717) is 12.6 Å². The second kappa shape index (κ2) is 20.2. The van der Waals surface area contributed by atoms with Crippen LogP contribution in [0.3, 0.4) is 0 Å². The fourth-order valence-electron chi connectivity index (χ4n) is 3.11. The van der Waals surface area contributed by atoms with Crippen LogP contribution in [-0.2, 0) is 0 Å². The van der Waals surface area contributed by atoms with Gasteiger partial charge < -0.3 is 15.5 Å². The first-order valence-corrected chi connectivity index (χ1v) is 11.0. The van der Waals surface area contributed by atoms with Gasteiger partial charge in [0, 0.05) is 12.6 Å². The van der Waals surface area contributed by atoms with Crippen molar-refractivity contribution in [2.45, 2.75) is 116 Å². The van der Waals surface area contributed by atoms with Gasteiger partial charge in [-0.1, -0.05) is 58.3 Å². The fourth-order valence-corrected chi connectivity index (χ4v) is 3.11. The van der Waals surface area contributed by atoms with E-state index in [4.69, 9.17) is 5.11 Å². The molecule has 0 rings (SSSR count). The summed E-state index contributed by atoms with van der Waals surface area (Å²) < 4.78 is 0. The Hall–Kier alpha value is -0.160. The minimum Gasteiger partial charge on any atom is -0.396 e. The zero-order chi connectivity index (χ0) is 18.6. The molecule has 152 valence electrons. The van der Waals surface area contributed by atoms with Crippen molar-refractivity contribution in [3.8, 4) is 0 Å². The fraction of sp³-hybridized carbons (Fsp3) is 1.00. The molecule has 2 unspecified atom stereocenters. The molecule has 0 amide bonds. The summed E-state index contributed by atoms with van der Waals surface area (Å²) in [6.45, 7) is 6.84. The van der Waals surface area contributed by atoms with Crippen LogP contribution in [0.15, 0.2) is 0 Å². The summed E-state index contributed by atoms with van der Waals surface area (Å²) in [5.41, 5.74) is 0. The molecule has 4 N–H and O–H groups in total. The van der Waals surface area contributed by atoms with Crippen molar-refractivity contribution in [3.05, 3.63) is 0 Å².